The highest BCUT2D eigenvalue weighted by atomic mass is 32.2. The fourth-order valence-electron chi connectivity index (χ4n) is 3.70. The Morgan fingerprint density at radius 1 is 1.07 bits per heavy atom. The fraction of sp³-hybridized carbons (Fsp3) is 0.350. The molecular formula is C20H22N2O4S. The van der Waals surface area contributed by atoms with Crippen LogP contribution in [-0.4, -0.2) is 42.1 Å². The molecule has 6 nitrogen and oxygen atoms in total. The molecule has 1 aromatic carbocycles. The minimum absolute atomic E-state index is 0.0261. The van der Waals surface area contributed by atoms with E-state index < -0.39 is 15.1 Å². The van der Waals surface area contributed by atoms with E-state index in [1.807, 2.05) is 41.1 Å². The predicted molar refractivity (Wildman–Crippen MR) is 103 cm³/mol. The van der Waals surface area contributed by atoms with Gasteiger partial charge >= 0.3 is 0 Å². The van der Waals surface area contributed by atoms with Gasteiger partial charge in [0.25, 0.3) is 0 Å². The SMILES string of the molecule is O=C(Cn1ccc2ccccc21)N1CCC(S(=O)(=O)Cc2ccco2)CC1. The smallest absolute Gasteiger partial charge is 0.242 e. The second-order valence-corrected chi connectivity index (χ2v) is 9.25. The molecule has 0 unspecified atom stereocenters. The van der Waals surface area contributed by atoms with Gasteiger partial charge < -0.3 is 13.9 Å². The average Bonchev–Trinajstić information content (AvgIpc) is 3.32. The maximum absolute atomic E-state index is 12.7. The quantitative estimate of drug-likeness (QED) is 0.676. The summed E-state index contributed by atoms with van der Waals surface area (Å²) in [5.41, 5.74) is 1.03. The third-order valence-corrected chi connectivity index (χ3v) is 7.39. The molecule has 2 aromatic heterocycles. The third-order valence-electron chi connectivity index (χ3n) is 5.21. The Bertz CT molecular complexity index is 1030. The zero-order valence-corrected chi connectivity index (χ0v) is 15.8. The molecule has 0 aliphatic carbocycles. The van der Waals surface area contributed by atoms with Gasteiger partial charge in [-0.2, -0.15) is 0 Å². The molecule has 1 amide bonds. The molecule has 4 rings (SSSR count). The highest BCUT2D eigenvalue weighted by Crippen LogP contribution is 2.22. The van der Waals surface area contributed by atoms with Gasteiger partial charge in [0.1, 0.15) is 18.1 Å². The summed E-state index contributed by atoms with van der Waals surface area (Å²) in [6, 6.07) is 13.3. The van der Waals surface area contributed by atoms with Crippen LogP contribution in [0.3, 0.4) is 0 Å². The number of aromatic nitrogens is 1. The van der Waals surface area contributed by atoms with Gasteiger partial charge in [0.05, 0.1) is 11.5 Å². The predicted octanol–water partition coefficient (Wildman–Crippen LogP) is 2.84. The number of carbonyl (C=O) groups is 1. The van der Waals surface area contributed by atoms with E-state index in [-0.39, 0.29) is 18.2 Å². The number of para-hydroxylation sites is 1. The van der Waals surface area contributed by atoms with Crippen LogP contribution < -0.4 is 0 Å². The van der Waals surface area contributed by atoms with Crippen LogP contribution in [0.15, 0.2) is 59.3 Å². The van der Waals surface area contributed by atoms with Crippen LogP contribution in [0.5, 0.6) is 0 Å². The number of furan rings is 1. The van der Waals surface area contributed by atoms with E-state index in [4.69, 9.17) is 4.42 Å². The van der Waals surface area contributed by atoms with Gasteiger partial charge in [-0.05, 0) is 42.5 Å². The Labute approximate surface area is 158 Å². The van der Waals surface area contributed by atoms with Gasteiger partial charge in [0.15, 0.2) is 9.84 Å². The highest BCUT2D eigenvalue weighted by Gasteiger charge is 2.32. The van der Waals surface area contributed by atoms with Crippen LogP contribution in [0.4, 0.5) is 0 Å². The zero-order valence-electron chi connectivity index (χ0n) is 15.0. The monoisotopic (exact) mass is 386 g/mol. The molecule has 0 bridgehead atoms. The third kappa shape index (κ3) is 3.78. The van der Waals surface area contributed by atoms with Crippen molar-refractivity contribution in [1.82, 2.24) is 9.47 Å². The first-order valence-corrected chi connectivity index (χ1v) is 10.8. The minimum atomic E-state index is -3.27. The molecule has 1 saturated heterocycles. The summed E-state index contributed by atoms with van der Waals surface area (Å²) in [7, 11) is -3.27. The Morgan fingerprint density at radius 3 is 2.59 bits per heavy atom. The standard InChI is InChI=1S/C20H22N2O4S/c23-20(14-22-10-7-16-4-1-2-6-19(16)22)21-11-8-18(9-12-21)27(24,25)15-17-5-3-13-26-17/h1-7,10,13,18H,8-9,11-12,14-15H2. The number of carbonyl (C=O) groups excluding carboxylic acids is 1. The number of fused-ring (bicyclic) bond motifs is 1. The van der Waals surface area contributed by atoms with E-state index in [1.54, 1.807) is 17.0 Å². The average molecular weight is 386 g/mol. The van der Waals surface area contributed by atoms with Crippen LogP contribution in [0, 0.1) is 0 Å². The van der Waals surface area contributed by atoms with Gasteiger partial charge in [-0.1, -0.05) is 18.2 Å². The molecule has 27 heavy (non-hydrogen) atoms. The maximum Gasteiger partial charge on any atom is 0.242 e. The van der Waals surface area contributed by atoms with Gasteiger partial charge in [-0.25, -0.2) is 8.42 Å². The Kier molecular flexibility index (Phi) is 4.78. The van der Waals surface area contributed by atoms with Gasteiger partial charge in [0.2, 0.25) is 5.91 Å². The first-order valence-electron chi connectivity index (χ1n) is 9.08. The summed E-state index contributed by atoms with van der Waals surface area (Å²) >= 11 is 0. The van der Waals surface area contributed by atoms with Gasteiger partial charge in [-0.3, -0.25) is 4.79 Å². The fourth-order valence-corrected chi connectivity index (χ4v) is 5.42. The summed E-state index contributed by atoms with van der Waals surface area (Å²) in [6.45, 7) is 1.22. The van der Waals surface area contributed by atoms with Crippen LogP contribution in [-0.2, 0) is 26.9 Å². The maximum atomic E-state index is 12.7. The van der Waals surface area contributed by atoms with Crippen molar-refractivity contribution >= 4 is 26.6 Å². The molecule has 0 N–H and O–H groups in total. The van der Waals surface area contributed by atoms with Crippen molar-refractivity contribution in [2.24, 2.45) is 0 Å². The molecule has 142 valence electrons. The van der Waals surface area contributed by atoms with E-state index in [1.165, 1.54) is 6.26 Å². The van der Waals surface area contributed by atoms with Crippen LogP contribution in [0.2, 0.25) is 0 Å². The largest absolute Gasteiger partial charge is 0.468 e. The van der Waals surface area contributed by atoms with E-state index in [2.05, 4.69) is 0 Å². The first-order chi connectivity index (χ1) is 13.0. The van der Waals surface area contributed by atoms with Crippen molar-refractivity contribution in [3.05, 3.63) is 60.7 Å². The van der Waals surface area contributed by atoms with Crippen molar-refractivity contribution in [2.75, 3.05) is 13.1 Å². The van der Waals surface area contributed by atoms with E-state index >= 15 is 0 Å². The molecule has 1 aliphatic heterocycles. The minimum Gasteiger partial charge on any atom is -0.468 e. The normalized spacial score (nSPS) is 16.1. The van der Waals surface area contributed by atoms with Crippen LogP contribution in [0.25, 0.3) is 10.9 Å². The summed E-state index contributed by atoms with van der Waals surface area (Å²) in [5, 5.41) is 0.687. The molecule has 1 fully saturated rings. The summed E-state index contributed by atoms with van der Waals surface area (Å²) in [5.74, 6) is 0.416. The van der Waals surface area contributed by atoms with Crippen molar-refractivity contribution in [2.45, 2.75) is 30.4 Å². The number of rotatable bonds is 5. The molecule has 1 aliphatic rings. The molecule has 3 heterocycles. The second kappa shape index (κ2) is 7.23. The Morgan fingerprint density at radius 2 is 1.85 bits per heavy atom. The summed E-state index contributed by atoms with van der Waals surface area (Å²) in [4.78, 5) is 14.4. The van der Waals surface area contributed by atoms with E-state index in [9.17, 15) is 13.2 Å². The zero-order chi connectivity index (χ0) is 18.9. The lowest BCUT2D eigenvalue weighted by atomic mass is 10.1. The van der Waals surface area contributed by atoms with E-state index in [0.717, 1.165) is 10.9 Å². The lowest BCUT2D eigenvalue weighted by Crippen LogP contribution is -2.43. The number of nitrogens with zero attached hydrogens (tertiary/aromatic N) is 2. The molecule has 0 saturated carbocycles. The summed E-state index contributed by atoms with van der Waals surface area (Å²) in [6.07, 6.45) is 4.35. The molecular weight excluding hydrogens is 364 g/mol. The Balaban J connectivity index is 1.36. The number of amides is 1. The summed E-state index contributed by atoms with van der Waals surface area (Å²) < 4.78 is 32.2. The molecule has 3 aromatic rings. The molecule has 7 heteroatoms. The van der Waals surface area contributed by atoms with Gasteiger partial charge in [-0.15, -0.1) is 0 Å². The lowest BCUT2D eigenvalue weighted by molar-refractivity contribution is -0.132. The van der Waals surface area contributed by atoms with Gasteiger partial charge in [0, 0.05) is 24.8 Å². The number of benzene rings is 1. The van der Waals surface area contributed by atoms with E-state index in [0.29, 0.717) is 31.7 Å². The first kappa shape index (κ1) is 17.9. The Hall–Kier alpha value is -2.54. The highest BCUT2D eigenvalue weighted by molar-refractivity contribution is 7.91. The van der Waals surface area contributed by atoms with Crippen molar-refractivity contribution in [3.8, 4) is 0 Å². The second-order valence-electron chi connectivity index (χ2n) is 6.97. The molecule has 0 radical (unpaired) electrons. The number of likely N-dealkylation sites (tertiary alicyclic amines) is 1. The van der Waals surface area contributed by atoms with Crippen LogP contribution >= 0.6 is 0 Å². The number of hydrogen-bond acceptors (Lipinski definition) is 4. The van der Waals surface area contributed by atoms with Crippen molar-refractivity contribution in [3.63, 3.8) is 0 Å². The topological polar surface area (TPSA) is 72.5 Å². The number of hydrogen-bond donors (Lipinski definition) is 0. The number of piperidine rings is 1. The van der Waals surface area contributed by atoms with Crippen molar-refractivity contribution < 1.29 is 17.6 Å². The number of sulfone groups is 1. The molecule has 0 spiro atoms. The lowest BCUT2D eigenvalue weighted by Gasteiger charge is -2.31. The molecule has 0 atom stereocenters. The van der Waals surface area contributed by atoms with Crippen LogP contribution in [0.1, 0.15) is 18.6 Å². The van der Waals surface area contributed by atoms with Crippen molar-refractivity contribution in [1.29, 1.82) is 0 Å².